The number of nitrogens with zero attached hydrogens (tertiary/aromatic N) is 1. The maximum atomic E-state index is 12.5. The van der Waals surface area contributed by atoms with Crippen LogP contribution < -0.4 is 10.1 Å². The molecule has 3 aromatic carbocycles. The van der Waals surface area contributed by atoms with Gasteiger partial charge >= 0.3 is 0 Å². The average Bonchev–Trinajstić information content (AvgIpc) is 3.17. The molecule has 0 aliphatic carbocycles. The van der Waals surface area contributed by atoms with E-state index in [2.05, 4.69) is 10.3 Å². The smallest absolute Gasteiger partial charge is 0.255 e. The van der Waals surface area contributed by atoms with Crippen LogP contribution in [0.15, 0.2) is 78.2 Å². The molecule has 0 bridgehead atoms. The summed E-state index contributed by atoms with van der Waals surface area (Å²) in [4.78, 5) is 17.0. The fraction of sp³-hybridized carbons (Fsp3) is 0.0833. The summed E-state index contributed by atoms with van der Waals surface area (Å²) in [6, 6.07) is 22.7. The van der Waals surface area contributed by atoms with Crippen molar-refractivity contribution in [3.05, 3.63) is 94.3 Å². The van der Waals surface area contributed by atoms with Gasteiger partial charge in [-0.25, -0.2) is 4.98 Å². The molecule has 0 aliphatic rings. The molecule has 5 heteroatoms. The van der Waals surface area contributed by atoms with Gasteiger partial charge in [0.15, 0.2) is 0 Å². The Morgan fingerprint density at radius 1 is 0.862 bits per heavy atom. The minimum atomic E-state index is -0.154. The summed E-state index contributed by atoms with van der Waals surface area (Å²) in [5.74, 6) is 1.34. The number of thiazole rings is 1. The van der Waals surface area contributed by atoms with E-state index >= 15 is 0 Å². The highest BCUT2D eigenvalue weighted by Gasteiger charge is 2.08. The molecule has 0 atom stereocenters. The Kier molecular flexibility index (Phi) is 5.40. The van der Waals surface area contributed by atoms with E-state index in [1.807, 2.05) is 92.0 Å². The third-order valence-corrected chi connectivity index (χ3v) is 5.20. The first-order chi connectivity index (χ1) is 14.1. The van der Waals surface area contributed by atoms with E-state index in [0.29, 0.717) is 11.3 Å². The molecule has 1 heterocycles. The number of aromatic nitrogens is 1. The highest BCUT2D eigenvalue weighted by Crippen LogP contribution is 2.24. The Bertz CT molecular complexity index is 1120. The third-order valence-electron chi connectivity index (χ3n) is 4.43. The first-order valence-electron chi connectivity index (χ1n) is 9.25. The Hall–Kier alpha value is -3.44. The van der Waals surface area contributed by atoms with Crippen LogP contribution in [0.4, 0.5) is 5.69 Å². The second kappa shape index (κ2) is 8.29. The zero-order valence-electron chi connectivity index (χ0n) is 16.2. The number of ether oxygens (including phenoxy) is 1. The van der Waals surface area contributed by atoms with Gasteiger partial charge in [-0.15, -0.1) is 11.3 Å². The Balaban J connectivity index is 1.39. The van der Waals surface area contributed by atoms with E-state index in [1.165, 1.54) is 5.56 Å². The van der Waals surface area contributed by atoms with Gasteiger partial charge in [-0.2, -0.15) is 0 Å². The average molecular weight is 401 g/mol. The van der Waals surface area contributed by atoms with Crippen molar-refractivity contribution in [2.24, 2.45) is 0 Å². The summed E-state index contributed by atoms with van der Waals surface area (Å²) < 4.78 is 5.82. The van der Waals surface area contributed by atoms with Crippen LogP contribution in [0.25, 0.3) is 11.3 Å². The van der Waals surface area contributed by atoms with Gasteiger partial charge in [0.05, 0.1) is 10.7 Å². The van der Waals surface area contributed by atoms with Gasteiger partial charge < -0.3 is 10.1 Å². The highest BCUT2D eigenvalue weighted by molar-refractivity contribution is 7.09. The number of rotatable bonds is 5. The number of benzene rings is 3. The predicted octanol–water partition coefficient (Wildman–Crippen LogP) is 6.47. The van der Waals surface area contributed by atoms with Crippen LogP contribution >= 0.6 is 11.3 Å². The molecule has 29 heavy (non-hydrogen) atoms. The Morgan fingerprint density at radius 3 is 2.07 bits per heavy atom. The van der Waals surface area contributed by atoms with E-state index in [1.54, 1.807) is 11.3 Å². The predicted molar refractivity (Wildman–Crippen MR) is 118 cm³/mol. The lowest BCUT2D eigenvalue weighted by atomic mass is 10.1. The third kappa shape index (κ3) is 4.70. The fourth-order valence-electron chi connectivity index (χ4n) is 2.84. The van der Waals surface area contributed by atoms with E-state index in [4.69, 9.17) is 4.74 Å². The molecule has 0 saturated heterocycles. The van der Waals surface area contributed by atoms with Gasteiger partial charge in [-0.05, 0) is 62.4 Å². The molecule has 0 aliphatic heterocycles. The molecule has 1 N–H and O–H groups in total. The van der Waals surface area contributed by atoms with Crippen molar-refractivity contribution in [2.75, 3.05) is 5.32 Å². The second-order valence-corrected chi connectivity index (χ2v) is 7.78. The van der Waals surface area contributed by atoms with Crippen molar-refractivity contribution in [2.45, 2.75) is 13.8 Å². The number of amides is 1. The molecule has 4 nitrogen and oxygen atoms in total. The van der Waals surface area contributed by atoms with Crippen molar-refractivity contribution in [1.82, 2.24) is 4.98 Å². The molecule has 0 spiro atoms. The molecular weight excluding hydrogens is 380 g/mol. The van der Waals surface area contributed by atoms with E-state index < -0.39 is 0 Å². The largest absolute Gasteiger partial charge is 0.457 e. The molecular formula is C24H20N2O2S. The molecule has 0 unspecified atom stereocenters. The van der Waals surface area contributed by atoms with Crippen LogP contribution in [0.5, 0.6) is 11.5 Å². The minimum absolute atomic E-state index is 0.154. The van der Waals surface area contributed by atoms with E-state index in [9.17, 15) is 4.79 Å². The van der Waals surface area contributed by atoms with Crippen molar-refractivity contribution in [3.8, 4) is 22.8 Å². The number of aryl methyl sites for hydroxylation is 2. The van der Waals surface area contributed by atoms with Gasteiger partial charge in [0.2, 0.25) is 0 Å². The zero-order valence-corrected chi connectivity index (χ0v) is 17.0. The molecule has 144 valence electrons. The first kappa shape index (κ1) is 18.9. The van der Waals surface area contributed by atoms with E-state index in [-0.39, 0.29) is 5.91 Å². The summed E-state index contributed by atoms with van der Waals surface area (Å²) in [5, 5.41) is 5.96. The fourth-order valence-corrected chi connectivity index (χ4v) is 3.46. The van der Waals surface area contributed by atoms with Crippen LogP contribution in [0.3, 0.4) is 0 Å². The lowest BCUT2D eigenvalue weighted by Crippen LogP contribution is -2.11. The second-order valence-electron chi connectivity index (χ2n) is 6.72. The molecule has 0 saturated carbocycles. The van der Waals surface area contributed by atoms with Crippen molar-refractivity contribution >= 4 is 22.9 Å². The standard InChI is InChI=1S/C24H20N2O2S/c1-16-3-11-21(12-4-16)28-22-13-9-20(10-14-22)26-24(27)19-7-5-18(6-8-19)23-15-29-17(2)25-23/h3-15H,1-2H3,(H,26,27). The van der Waals surface area contributed by atoms with E-state index in [0.717, 1.165) is 27.8 Å². The number of anilines is 1. The summed E-state index contributed by atoms with van der Waals surface area (Å²) in [6.45, 7) is 4.02. The van der Waals surface area contributed by atoms with Crippen LogP contribution in [-0.4, -0.2) is 10.9 Å². The monoisotopic (exact) mass is 400 g/mol. The number of hydrogen-bond acceptors (Lipinski definition) is 4. The van der Waals surface area contributed by atoms with Crippen LogP contribution in [0.1, 0.15) is 20.9 Å². The van der Waals surface area contributed by atoms with Gasteiger partial charge in [-0.3, -0.25) is 4.79 Å². The maximum Gasteiger partial charge on any atom is 0.255 e. The van der Waals surface area contributed by atoms with Crippen LogP contribution in [0.2, 0.25) is 0 Å². The van der Waals surface area contributed by atoms with Gasteiger partial charge in [0.25, 0.3) is 5.91 Å². The minimum Gasteiger partial charge on any atom is -0.457 e. The normalized spacial score (nSPS) is 10.6. The topological polar surface area (TPSA) is 51.2 Å². The number of carbonyl (C=O) groups is 1. The van der Waals surface area contributed by atoms with Crippen LogP contribution in [-0.2, 0) is 0 Å². The van der Waals surface area contributed by atoms with Gasteiger partial charge in [0, 0.05) is 22.2 Å². The summed E-state index contributed by atoms with van der Waals surface area (Å²) in [5.41, 5.74) is 4.43. The van der Waals surface area contributed by atoms with Gasteiger partial charge in [0.1, 0.15) is 11.5 Å². The quantitative estimate of drug-likeness (QED) is 0.417. The number of nitrogens with one attached hydrogen (secondary N) is 1. The molecule has 0 radical (unpaired) electrons. The van der Waals surface area contributed by atoms with Gasteiger partial charge in [-0.1, -0.05) is 29.8 Å². The molecule has 1 aromatic heterocycles. The van der Waals surface area contributed by atoms with Crippen molar-refractivity contribution < 1.29 is 9.53 Å². The lowest BCUT2D eigenvalue weighted by molar-refractivity contribution is 0.102. The summed E-state index contributed by atoms with van der Waals surface area (Å²) >= 11 is 1.61. The maximum absolute atomic E-state index is 12.5. The highest BCUT2D eigenvalue weighted by atomic mass is 32.1. The van der Waals surface area contributed by atoms with Crippen molar-refractivity contribution in [1.29, 1.82) is 0 Å². The lowest BCUT2D eigenvalue weighted by Gasteiger charge is -2.09. The first-order valence-corrected chi connectivity index (χ1v) is 10.1. The molecule has 1 amide bonds. The zero-order chi connectivity index (χ0) is 20.2. The van der Waals surface area contributed by atoms with Crippen molar-refractivity contribution in [3.63, 3.8) is 0 Å². The summed E-state index contributed by atoms with van der Waals surface area (Å²) in [7, 11) is 0. The SMILES string of the molecule is Cc1ccc(Oc2ccc(NC(=O)c3ccc(-c4csc(C)n4)cc3)cc2)cc1. The number of hydrogen-bond donors (Lipinski definition) is 1. The molecule has 4 aromatic rings. The molecule has 4 rings (SSSR count). The number of carbonyl (C=O) groups excluding carboxylic acids is 1. The van der Waals surface area contributed by atoms with Crippen LogP contribution in [0, 0.1) is 13.8 Å². The Labute approximate surface area is 173 Å². The molecule has 0 fully saturated rings. The Morgan fingerprint density at radius 2 is 1.48 bits per heavy atom. The summed E-state index contributed by atoms with van der Waals surface area (Å²) in [6.07, 6.45) is 0.